The Labute approximate surface area is 202 Å². The number of carbonyl (C=O) groups is 5. The number of carboxylic acids is 2. The number of carboxylic acid groups (broad SMARTS) is 2. The van der Waals surface area contributed by atoms with Gasteiger partial charge in [0.1, 0.15) is 18.6 Å². The highest BCUT2D eigenvalue weighted by atomic mass is 79.9. The van der Waals surface area contributed by atoms with Gasteiger partial charge < -0.3 is 26.6 Å². The quantitative estimate of drug-likeness (QED) is 0.101. The van der Waals surface area contributed by atoms with E-state index in [9.17, 15) is 32.8 Å². The molecule has 0 radical (unpaired) electrons. The summed E-state index contributed by atoms with van der Waals surface area (Å²) in [5, 5.41) is 21.9. The number of thioether (sulfide) groups is 1. The van der Waals surface area contributed by atoms with Crippen LogP contribution in [0.1, 0.15) is 45.4 Å². The molecule has 2 amide bonds. The molecule has 2 atom stereocenters. The third kappa shape index (κ3) is 15.4. The van der Waals surface area contributed by atoms with Crippen molar-refractivity contribution >= 4 is 57.2 Å². The molecule has 0 aliphatic rings. The van der Waals surface area contributed by atoms with Gasteiger partial charge in [0.2, 0.25) is 11.8 Å². The summed E-state index contributed by atoms with van der Waals surface area (Å²) in [4.78, 5) is 54.5. The van der Waals surface area contributed by atoms with Crippen LogP contribution in [0.5, 0.6) is 0 Å². The van der Waals surface area contributed by atoms with E-state index in [0.717, 1.165) is 12.8 Å². The van der Waals surface area contributed by atoms with Crippen molar-refractivity contribution in [3.8, 4) is 0 Å². The van der Waals surface area contributed by atoms with Crippen LogP contribution in [0, 0.1) is 0 Å². The summed E-state index contributed by atoms with van der Waals surface area (Å²) < 4.78 is 26.9. The van der Waals surface area contributed by atoms with Crippen molar-refractivity contribution in [2.24, 2.45) is 5.73 Å². The normalized spacial score (nSPS) is 13.7. The highest BCUT2D eigenvalue weighted by Crippen LogP contribution is 2.30. The molecule has 33 heavy (non-hydrogen) atoms. The number of halogens is 3. The van der Waals surface area contributed by atoms with Crippen molar-refractivity contribution in [1.82, 2.24) is 10.6 Å². The second kappa shape index (κ2) is 15.7. The van der Waals surface area contributed by atoms with Crippen molar-refractivity contribution in [2.45, 2.75) is 62.4 Å². The van der Waals surface area contributed by atoms with E-state index in [-0.39, 0.29) is 29.9 Å². The summed E-state index contributed by atoms with van der Waals surface area (Å²) in [6.45, 7) is 1.16. The van der Waals surface area contributed by atoms with Gasteiger partial charge in [0.25, 0.3) is 0 Å². The molecule has 0 fully saturated rings. The van der Waals surface area contributed by atoms with Crippen molar-refractivity contribution in [3.63, 3.8) is 0 Å². The van der Waals surface area contributed by atoms with Gasteiger partial charge in [-0.15, -0.1) is 11.8 Å². The number of alkyl halides is 3. The van der Waals surface area contributed by atoms with E-state index in [2.05, 4.69) is 26.6 Å². The monoisotopic (exact) mass is 559 g/mol. The lowest BCUT2D eigenvalue weighted by atomic mass is 10.1. The number of hydrogen-bond donors (Lipinski definition) is 5. The molecular formula is C19H28BrF2N3O7S. The Morgan fingerprint density at radius 1 is 1.15 bits per heavy atom. The molecular weight excluding hydrogens is 532 g/mol. The minimum absolute atomic E-state index is 0.0189. The third-order valence-electron chi connectivity index (χ3n) is 4.05. The van der Waals surface area contributed by atoms with Crippen LogP contribution in [0.15, 0.2) is 11.0 Å². The predicted octanol–water partition coefficient (Wildman–Crippen LogP) is 1.62. The van der Waals surface area contributed by atoms with E-state index in [4.69, 9.17) is 15.9 Å². The molecule has 0 bridgehead atoms. The number of aliphatic carboxylic acids is 2. The number of nitrogens with one attached hydrogen (secondary N) is 2. The SMILES string of the molecule is CCCCCC(=O)/C(=C/C(F)(F)Br)SC[C@H](NC(=O)CCC(N)C(=O)O)C(=O)NCC(=O)O. The van der Waals surface area contributed by atoms with Gasteiger partial charge in [0.05, 0.1) is 4.91 Å². The first-order chi connectivity index (χ1) is 15.3. The molecule has 0 aromatic heterocycles. The van der Waals surface area contributed by atoms with Gasteiger partial charge in [-0.25, -0.2) is 0 Å². The zero-order valence-corrected chi connectivity index (χ0v) is 20.3. The number of Topliss-reactive ketones (excluding diaryl/α,β-unsaturated/α-hetero) is 1. The van der Waals surface area contributed by atoms with Gasteiger partial charge in [-0.3, -0.25) is 24.0 Å². The topological polar surface area (TPSA) is 176 Å². The largest absolute Gasteiger partial charge is 0.480 e. The second-order valence-corrected chi connectivity index (χ2v) is 9.08. The van der Waals surface area contributed by atoms with Crippen LogP contribution in [0.2, 0.25) is 0 Å². The first-order valence-corrected chi connectivity index (χ1v) is 11.8. The number of rotatable bonds is 17. The molecule has 0 saturated heterocycles. The molecule has 0 spiro atoms. The Hall–Kier alpha value is -2.06. The zero-order valence-electron chi connectivity index (χ0n) is 17.9. The van der Waals surface area contributed by atoms with Crippen molar-refractivity contribution in [3.05, 3.63) is 11.0 Å². The Morgan fingerprint density at radius 3 is 2.30 bits per heavy atom. The van der Waals surface area contributed by atoms with Crippen LogP contribution in [-0.2, 0) is 24.0 Å². The molecule has 0 heterocycles. The summed E-state index contributed by atoms with van der Waals surface area (Å²) in [6, 6.07) is -2.68. The van der Waals surface area contributed by atoms with Crippen molar-refractivity contribution < 1.29 is 43.0 Å². The Balaban J connectivity index is 5.38. The van der Waals surface area contributed by atoms with Crippen LogP contribution in [-0.4, -0.2) is 69.0 Å². The molecule has 0 saturated carbocycles. The first-order valence-electron chi connectivity index (χ1n) is 9.99. The molecule has 0 aromatic rings. The van der Waals surface area contributed by atoms with Crippen LogP contribution >= 0.6 is 27.7 Å². The Morgan fingerprint density at radius 2 is 1.79 bits per heavy atom. The highest BCUT2D eigenvalue weighted by molar-refractivity contribution is 9.10. The molecule has 0 aromatic carbocycles. The predicted molar refractivity (Wildman–Crippen MR) is 121 cm³/mol. The van der Waals surface area contributed by atoms with Gasteiger partial charge in [-0.1, -0.05) is 19.8 Å². The first kappa shape index (κ1) is 30.9. The van der Waals surface area contributed by atoms with Crippen LogP contribution in [0.25, 0.3) is 0 Å². The summed E-state index contributed by atoms with van der Waals surface area (Å²) >= 11 is 2.76. The van der Waals surface area contributed by atoms with Crippen molar-refractivity contribution in [2.75, 3.05) is 12.3 Å². The van der Waals surface area contributed by atoms with Gasteiger partial charge in [-0.2, -0.15) is 8.78 Å². The van der Waals surface area contributed by atoms with Gasteiger partial charge in [0, 0.05) is 24.7 Å². The fraction of sp³-hybridized carbons (Fsp3) is 0.632. The lowest BCUT2D eigenvalue weighted by molar-refractivity contribution is -0.139. The highest BCUT2D eigenvalue weighted by Gasteiger charge is 2.27. The summed E-state index contributed by atoms with van der Waals surface area (Å²) in [7, 11) is 0. The number of unbranched alkanes of at least 4 members (excludes halogenated alkanes) is 2. The number of allylic oxidation sites excluding steroid dienone is 2. The van der Waals surface area contributed by atoms with Crippen LogP contribution < -0.4 is 16.4 Å². The molecule has 1 unspecified atom stereocenters. The number of nitrogens with two attached hydrogens (primary N) is 1. The smallest absolute Gasteiger partial charge is 0.322 e. The lowest BCUT2D eigenvalue weighted by Gasteiger charge is -2.19. The Bertz CT molecular complexity index is 747. The number of ketones is 1. The van der Waals surface area contributed by atoms with Gasteiger partial charge >= 0.3 is 16.8 Å². The average Bonchev–Trinajstić information content (AvgIpc) is 2.71. The minimum Gasteiger partial charge on any atom is -0.480 e. The standard InChI is InChI=1S/C19H28BrF2N3O7S/c1-2-3-4-5-13(26)14(8-19(20,21)22)33-10-12(17(30)24-9-16(28)29)25-15(27)7-6-11(23)18(31)32/h8,11-12H,2-7,9-10,23H2,1H3,(H,24,30)(H,25,27)(H,28,29)(H,31,32)/b14-8-/t11?,12-/m0/s1. The van der Waals surface area contributed by atoms with E-state index in [0.29, 0.717) is 24.3 Å². The number of carbonyl (C=O) groups excluding carboxylic acids is 3. The van der Waals surface area contributed by atoms with E-state index < -0.39 is 53.0 Å². The molecule has 10 nitrogen and oxygen atoms in total. The van der Waals surface area contributed by atoms with Crippen LogP contribution in [0.3, 0.4) is 0 Å². The lowest BCUT2D eigenvalue weighted by Crippen LogP contribution is -2.49. The Kier molecular flexibility index (Phi) is 14.7. The maximum atomic E-state index is 13.5. The summed E-state index contributed by atoms with van der Waals surface area (Å²) in [5.41, 5.74) is 5.33. The molecule has 0 aliphatic heterocycles. The minimum atomic E-state index is -3.48. The zero-order chi connectivity index (χ0) is 25.6. The fourth-order valence-electron chi connectivity index (χ4n) is 2.33. The maximum absolute atomic E-state index is 13.5. The van der Waals surface area contributed by atoms with E-state index in [1.165, 1.54) is 0 Å². The average molecular weight is 560 g/mol. The second-order valence-electron chi connectivity index (χ2n) is 6.96. The molecule has 0 rings (SSSR count). The maximum Gasteiger partial charge on any atom is 0.322 e. The third-order valence-corrected chi connectivity index (χ3v) is 5.43. The number of amides is 2. The van der Waals surface area contributed by atoms with Crippen LogP contribution in [0.4, 0.5) is 8.78 Å². The van der Waals surface area contributed by atoms with Crippen molar-refractivity contribution in [1.29, 1.82) is 0 Å². The summed E-state index contributed by atoms with van der Waals surface area (Å²) in [5.74, 6) is -5.25. The van der Waals surface area contributed by atoms with E-state index in [1.807, 2.05) is 6.92 Å². The molecule has 14 heteroatoms. The molecule has 0 aliphatic carbocycles. The van der Waals surface area contributed by atoms with E-state index in [1.54, 1.807) is 0 Å². The molecule has 6 N–H and O–H groups in total. The van der Waals surface area contributed by atoms with E-state index >= 15 is 0 Å². The van der Waals surface area contributed by atoms with Gasteiger partial charge in [-0.05, 0) is 28.8 Å². The molecule has 188 valence electrons. The fourth-order valence-corrected chi connectivity index (χ4v) is 3.78. The number of hydrogen-bond acceptors (Lipinski definition) is 7. The summed E-state index contributed by atoms with van der Waals surface area (Å²) in [6.07, 6.45) is 1.88. The van der Waals surface area contributed by atoms with Gasteiger partial charge in [0.15, 0.2) is 5.78 Å².